The van der Waals surface area contributed by atoms with Crippen LogP contribution in [0.2, 0.25) is 0 Å². The Labute approximate surface area is 151 Å². The van der Waals surface area contributed by atoms with Crippen molar-refractivity contribution in [3.63, 3.8) is 0 Å². The highest BCUT2D eigenvalue weighted by atomic mass is 16.5. The maximum absolute atomic E-state index is 5.44. The SMILES string of the molecule is CCNC(=NCc1c(CC)noc1CC)NCC1CN(C)CCN1C. The summed E-state index contributed by atoms with van der Waals surface area (Å²) in [6, 6.07) is 0.496. The Morgan fingerprint density at radius 3 is 2.68 bits per heavy atom. The number of rotatable bonds is 7. The molecule has 0 radical (unpaired) electrons. The van der Waals surface area contributed by atoms with Crippen LogP contribution in [0.5, 0.6) is 0 Å². The van der Waals surface area contributed by atoms with Crippen molar-refractivity contribution in [3.05, 3.63) is 17.0 Å². The van der Waals surface area contributed by atoms with Crippen LogP contribution in [-0.4, -0.2) is 73.8 Å². The van der Waals surface area contributed by atoms with Crippen LogP contribution >= 0.6 is 0 Å². The zero-order valence-corrected chi connectivity index (χ0v) is 16.4. The molecule has 2 N–H and O–H groups in total. The lowest BCUT2D eigenvalue weighted by atomic mass is 10.1. The molecule has 0 spiro atoms. The predicted molar refractivity (Wildman–Crippen MR) is 102 cm³/mol. The summed E-state index contributed by atoms with van der Waals surface area (Å²) in [5.41, 5.74) is 2.15. The third kappa shape index (κ3) is 5.44. The second kappa shape index (κ2) is 9.77. The van der Waals surface area contributed by atoms with Gasteiger partial charge in [0.1, 0.15) is 5.76 Å². The number of likely N-dealkylation sites (N-methyl/N-ethyl adjacent to an activating group) is 2. The quantitative estimate of drug-likeness (QED) is 0.567. The zero-order chi connectivity index (χ0) is 18.2. The molecular formula is C18H34N6O. The summed E-state index contributed by atoms with van der Waals surface area (Å²) in [4.78, 5) is 9.57. The first-order chi connectivity index (χ1) is 12.1. The predicted octanol–water partition coefficient (Wildman–Crippen LogP) is 1.10. The summed E-state index contributed by atoms with van der Waals surface area (Å²) in [5, 5.41) is 11.0. The highest BCUT2D eigenvalue weighted by Crippen LogP contribution is 2.16. The minimum absolute atomic E-state index is 0.496. The summed E-state index contributed by atoms with van der Waals surface area (Å²) in [5.74, 6) is 1.81. The maximum Gasteiger partial charge on any atom is 0.191 e. The maximum atomic E-state index is 5.44. The molecule has 1 unspecified atom stereocenters. The first-order valence-electron chi connectivity index (χ1n) is 9.46. The number of aromatic nitrogens is 1. The fraction of sp³-hybridized carbons (Fsp3) is 0.778. The van der Waals surface area contributed by atoms with Crippen molar-refractivity contribution in [2.24, 2.45) is 4.99 Å². The molecule has 1 saturated heterocycles. The zero-order valence-electron chi connectivity index (χ0n) is 16.4. The van der Waals surface area contributed by atoms with Gasteiger partial charge in [0, 0.05) is 50.7 Å². The van der Waals surface area contributed by atoms with Gasteiger partial charge in [-0.1, -0.05) is 19.0 Å². The molecule has 0 saturated carbocycles. The van der Waals surface area contributed by atoms with Crippen molar-refractivity contribution in [1.82, 2.24) is 25.6 Å². The summed E-state index contributed by atoms with van der Waals surface area (Å²) in [6.07, 6.45) is 1.72. The number of hydrogen-bond donors (Lipinski definition) is 2. The van der Waals surface area contributed by atoms with Gasteiger partial charge in [0.15, 0.2) is 5.96 Å². The molecule has 142 valence electrons. The van der Waals surface area contributed by atoms with E-state index >= 15 is 0 Å². The molecule has 7 heteroatoms. The molecule has 0 amide bonds. The van der Waals surface area contributed by atoms with Crippen LogP contribution in [0.25, 0.3) is 0 Å². The van der Waals surface area contributed by atoms with E-state index in [-0.39, 0.29) is 0 Å². The first kappa shape index (κ1) is 19.7. The Balaban J connectivity index is 1.99. The van der Waals surface area contributed by atoms with E-state index in [9.17, 15) is 0 Å². The van der Waals surface area contributed by atoms with Crippen LogP contribution in [0.4, 0.5) is 0 Å². The number of piperazine rings is 1. The Morgan fingerprint density at radius 2 is 2.00 bits per heavy atom. The van der Waals surface area contributed by atoms with Crippen molar-refractivity contribution in [2.75, 3.05) is 46.8 Å². The Bertz CT molecular complexity index is 534. The number of guanidine groups is 1. The Hall–Kier alpha value is -1.60. The molecule has 7 nitrogen and oxygen atoms in total. The van der Waals surface area contributed by atoms with Crippen molar-refractivity contribution < 1.29 is 4.52 Å². The molecule has 0 aliphatic carbocycles. The minimum atomic E-state index is 0.496. The molecule has 1 atom stereocenters. The molecule has 1 aliphatic heterocycles. The molecule has 1 aromatic heterocycles. The minimum Gasteiger partial charge on any atom is -0.361 e. The number of aliphatic imine (C=N–C) groups is 1. The van der Waals surface area contributed by atoms with Crippen LogP contribution in [0, 0.1) is 0 Å². The second-order valence-electron chi connectivity index (χ2n) is 6.71. The third-order valence-corrected chi connectivity index (χ3v) is 4.83. The lowest BCUT2D eigenvalue weighted by Gasteiger charge is -2.37. The van der Waals surface area contributed by atoms with E-state index in [1.807, 2.05) is 0 Å². The van der Waals surface area contributed by atoms with Crippen molar-refractivity contribution >= 4 is 5.96 Å². The molecule has 2 rings (SSSR count). The van der Waals surface area contributed by atoms with Gasteiger partial charge >= 0.3 is 0 Å². The van der Waals surface area contributed by atoms with Crippen LogP contribution in [0.15, 0.2) is 9.52 Å². The van der Waals surface area contributed by atoms with E-state index in [1.54, 1.807) is 0 Å². The van der Waals surface area contributed by atoms with Crippen LogP contribution < -0.4 is 10.6 Å². The number of hydrogen-bond acceptors (Lipinski definition) is 5. The lowest BCUT2D eigenvalue weighted by molar-refractivity contribution is 0.116. The van der Waals surface area contributed by atoms with Crippen molar-refractivity contribution in [3.8, 4) is 0 Å². The average molecular weight is 351 g/mol. The molecule has 1 aromatic rings. The van der Waals surface area contributed by atoms with Crippen LogP contribution in [0.3, 0.4) is 0 Å². The highest BCUT2D eigenvalue weighted by molar-refractivity contribution is 5.79. The van der Waals surface area contributed by atoms with E-state index in [2.05, 4.69) is 60.5 Å². The molecule has 1 aliphatic rings. The average Bonchev–Trinajstić information content (AvgIpc) is 3.02. The molecule has 0 bridgehead atoms. The molecule has 0 aromatic carbocycles. The van der Waals surface area contributed by atoms with E-state index in [0.717, 1.165) is 68.5 Å². The topological polar surface area (TPSA) is 68.9 Å². The van der Waals surface area contributed by atoms with Gasteiger partial charge in [-0.15, -0.1) is 0 Å². The number of nitrogens with zero attached hydrogens (tertiary/aromatic N) is 4. The summed E-state index contributed by atoms with van der Waals surface area (Å²) in [7, 11) is 4.38. The standard InChI is InChI=1S/C18H34N6O/c1-6-16-15(17(7-2)25-22-16)12-21-18(19-8-3)20-11-14-13-23(4)9-10-24(14)5/h14H,6-13H2,1-5H3,(H2,19,20,21). The molecule has 2 heterocycles. The van der Waals surface area contributed by atoms with Gasteiger partial charge in [-0.05, 0) is 27.4 Å². The second-order valence-corrected chi connectivity index (χ2v) is 6.71. The normalized spacial score (nSPS) is 20.0. The van der Waals surface area contributed by atoms with Gasteiger partial charge < -0.3 is 20.1 Å². The fourth-order valence-corrected chi connectivity index (χ4v) is 3.15. The van der Waals surface area contributed by atoms with Crippen LogP contribution in [0.1, 0.15) is 37.8 Å². The van der Waals surface area contributed by atoms with Gasteiger partial charge in [0.2, 0.25) is 0 Å². The molecule has 25 heavy (non-hydrogen) atoms. The van der Waals surface area contributed by atoms with Gasteiger partial charge in [-0.2, -0.15) is 0 Å². The van der Waals surface area contributed by atoms with E-state index in [1.165, 1.54) is 0 Å². The highest BCUT2D eigenvalue weighted by Gasteiger charge is 2.22. The fourth-order valence-electron chi connectivity index (χ4n) is 3.15. The van der Waals surface area contributed by atoms with E-state index < -0.39 is 0 Å². The first-order valence-corrected chi connectivity index (χ1v) is 9.46. The molecule has 1 fully saturated rings. The van der Waals surface area contributed by atoms with Gasteiger partial charge in [-0.3, -0.25) is 4.90 Å². The van der Waals surface area contributed by atoms with Gasteiger partial charge in [-0.25, -0.2) is 4.99 Å². The molecular weight excluding hydrogens is 316 g/mol. The van der Waals surface area contributed by atoms with Crippen molar-refractivity contribution in [1.29, 1.82) is 0 Å². The Morgan fingerprint density at radius 1 is 1.20 bits per heavy atom. The Kier molecular flexibility index (Phi) is 7.71. The van der Waals surface area contributed by atoms with E-state index in [4.69, 9.17) is 9.52 Å². The van der Waals surface area contributed by atoms with Crippen LogP contribution in [-0.2, 0) is 19.4 Å². The summed E-state index contributed by atoms with van der Waals surface area (Å²) in [6.45, 7) is 11.9. The van der Waals surface area contributed by atoms with Gasteiger partial charge in [0.05, 0.1) is 12.2 Å². The van der Waals surface area contributed by atoms with E-state index in [0.29, 0.717) is 12.6 Å². The third-order valence-electron chi connectivity index (χ3n) is 4.83. The number of aryl methyl sites for hydroxylation is 2. The van der Waals surface area contributed by atoms with Gasteiger partial charge in [0.25, 0.3) is 0 Å². The van der Waals surface area contributed by atoms with Crippen molar-refractivity contribution in [2.45, 2.75) is 46.2 Å². The monoisotopic (exact) mass is 350 g/mol. The lowest BCUT2D eigenvalue weighted by Crippen LogP contribution is -2.55. The number of nitrogens with one attached hydrogen (secondary N) is 2. The summed E-state index contributed by atoms with van der Waals surface area (Å²) >= 11 is 0. The smallest absolute Gasteiger partial charge is 0.191 e. The largest absolute Gasteiger partial charge is 0.361 e. The summed E-state index contributed by atoms with van der Waals surface area (Å²) < 4.78 is 5.44.